The zero-order valence-electron chi connectivity index (χ0n) is 60.3. The first-order valence-electron chi connectivity index (χ1n) is 36.4. The molecule has 0 amide bonds. The standard InChI is InChI=1S/C81H126O16P2/c1-4-7-10-13-16-19-22-25-28-31-34-35-36-37-38-39-42-44-46-49-52-55-58-61-64-67-79(84)91-70-76(82)71-93-98(87,88)94-72-77(83)73-95-99(89,90)96-75-78(97-81(86)69-66-63-60-57-54-51-48-45-41-33-30-27-24-21-18-15-12-9-6-3)74-92-80(85)68-65-62-59-56-53-50-47-43-40-32-29-26-23-20-17-14-11-8-5-2/h7-12,16-21,25-30,34-35,37-38,40-45,50-51,53-54,59,62,76-78,82-83H,4-6,13-15,22-24,31-33,36,39,46-49,52,55-58,60-61,63-75H2,1-3H3,(H,87,88)(H,89,90)/b10-7-,11-8-,12-9-,19-16-,20-17-,21-18-,28-25-,29-26-,30-27-,35-34-,38-37-,43-40-,44-42-,45-41-,53-50-,54-51-,62-59-. The van der Waals surface area contributed by atoms with E-state index >= 15 is 0 Å². The SMILES string of the molecule is CC/C=C\C/C=C\C/C=C\C/C=C\C/C=C\C/C=C\CCCCCCCCC(=O)OCC(O)COP(=O)(O)OCC(O)COP(=O)(O)OCC(COC(=O)CC/C=C\C/C=C\C/C=C\C/C=C\C/C=C\C/C=C\CC)OC(=O)CCCCC/C=C\C/C=C\C/C=C\C/C=C\C/C=C\CC. The Kier molecular flexibility index (Phi) is 67.7. The fourth-order valence-electron chi connectivity index (χ4n) is 8.57. The number of phosphoric ester groups is 2. The van der Waals surface area contributed by atoms with Crippen LogP contribution >= 0.6 is 15.6 Å². The Bertz CT molecular complexity index is 2630. The van der Waals surface area contributed by atoms with Crippen LogP contribution < -0.4 is 0 Å². The fourth-order valence-corrected chi connectivity index (χ4v) is 10.2. The van der Waals surface area contributed by atoms with Crippen LogP contribution in [-0.2, 0) is 55.8 Å². The molecule has 0 rings (SSSR count). The van der Waals surface area contributed by atoms with E-state index in [9.17, 15) is 43.5 Å². The van der Waals surface area contributed by atoms with Crippen LogP contribution in [0.15, 0.2) is 207 Å². The summed E-state index contributed by atoms with van der Waals surface area (Å²) in [6, 6.07) is 0. The molecule has 16 nitrogen and oxygen atoms in total. The number of esters is 3. The molecule has 0 saturated carbocycles. The summed E-state index contributed by atoms with van der Waals surface area (Å²) in [6.07, 6.45) is 94.6. The number of aliphatic hydroxyl groups is 2. The molecule has 556 valence electrons. The van der Waals surface area contributed by atoms with E-state index in [0.29, 0.717) is 25.7 Å². The fraction of sp³-hybridized carbons (Fsp3) is 0.543. The second kappa shape index (κ2) is 71.9. The van der Waals surface area contributed by atoms with Crippen molar-refractivity contribution in [2.45, 2.75) is 245 Å². The number of carbonyl (C=O) groups excluding carboxylic acids is 3. The first-order valence-corrected chi connectivity index (χ1v) is 39.4. The molecular formula is C81H126O16P2. The molecule has 0 aliphatic heterocycles. The molecule has 0 bridgehead atoms. The number of allylic oxidation sites excluding steroid dienone is 34. The predicted octanol–water partition coefficient (Wildman–Crippen LogP) is 21.0. The quantitative estimate of drug-likeness (QED) is 0.0146. The van der Waals surface area contributed by atoms with Gasteiger partial charge in [0.1, 0.15) is 25.4 Å². The van der Waals surface area contributed by atoms with Crippen molar-refractivity contribution < 1.29 is 75.8 Å². The summed E-state index contributed by atoms with van der Waals surface area (Å²) >= 11 is 0. The molecule has 0 aromatic heterocycles. The highest BCUT2D eigenvalue weighted by Gasteiger charge is 2.29. The molecule has 0 aliphatic carbocycles. The number of carbonyl (C=O) groups is 3. The van der Waals surface area contributed by atoms with E-state index in [1.54, 1.807) is 0 Å². The maximum Gasteiger partial charge on any atom is 0.472 e. The summed E-state index contributed by atoms with van der Waals surface area (Å²) in [5.41, 5.74) is 0. The normalized spacial score (nSPS) is 15.3. The maximum atomic E-state index is 13.0. The van der Waals surface area contributed by atoms with Crippen molar-refractivity contribution in [1.82, 2.24) is 0 Å². The van der Waals surface area contributed by atoms with Crippen LogP contribution in [0.4, 0.5) is 0 Å². The van der Waals surface area contributed by atoms with Crippen LogP contribution in [0.3, 0.4) is 0 Å². The molecule has 0 heterocycles. The summed E-state index contributed by atoms with van der Waals surface area (Å²) in [6.45, 7) is 2.14. The number of rotatable bonds is 66. The van der Waals surface area contributed by atoms with Crippen molar-refractivity contribution in [3.8, 4) is 0 Å². The lowest BCUT2D eigenvalue weighted by Gasteiger charge is -2.21. The van der Waals surface area contributed by atoms with Crippen LogP contribution in [0, 0.1) is 0 Å². The van der Waals surface area contributed by atoms with Gasteiger partial charge in [-0.05, 0) is 154 Å². The average Bonchev–Trinajstić information content (AvgIpc) is 2.90. The number of phosphoric acid groups is 2. The summed E-state index contributed by atoms with van der Waals surface area (Å²) in [4.78, 5) is 58.5. The van der Waals surface area contributed by atoms with E-state index in [4.69, 9.17) is 32.3 Å². The van der Waals surface area contributed by atoms with Gasteiger partial charge in [0.05, 0.1) is 26.4 Å². The molecule has 0 aliphatic rings. The minimum atomic E-state index is -4.97. The van der Waals surface area contributed by atoms with Gasteiger partial charge in [0, 0.05) is 19.3 Å². The van der Waals surface area contributed by atoms with Gasteiger partial charge in [0.2, 0.25) is 0 Å². The molecule has 18 heteroatoms. The summed E-state index contributed by atoms with van der Waals surface area (Å²) in [5.74, 6) is -1.75. The highest BCUT2D eigenvalue weighted by atomic mass is 31.2. The van der Waals surface area contributed by atoms with Gasteiger partial charge in [-0.1, -0.05) is 259 Å². The smallest absolute Gasteiger partial charge is 0.463 e. The Morgan fingerprint density at radius 3 is 0.869 bits per heavy atom. The molecule has 0 aromatic rings. The van der Waals surface area contributed by atoms with Gasteiger partial charge in [-0.15, -0.1) is 0 Å². The lowest BCUT2D eigenvalue weighted by Crippen LogP contribution is -2.30. The summed E-state index contributed by atoms with van der Waals surface area (Å²) < 4.78 is 60.9. The van der Waals surface area contributed by atoms with Gasteiger partial charge < -0.3 is 34.2 Å². The Morgan fingerprint density at radius 2 is 0.525 bits per heavy atom. The van der Waals surface area contributed by atoms with E-state index in [1.807, 2.05) is 18.2 Å². The van der Waals surface area contributed by atoms with Crippen molar-refractivity contribution in [1.29, 1.82) is 0 Å². The van der Waals surface area contributed by atoms with Crippen LogP contribution in [0.25, 0.3) is 0 Å². The molecule has 0 radical (unpaired) electrons. The topological polar surface area (TPSA) is 231 Å². The second-order valence-corrected chi connectivity index (χ2v) is 26.1. The average molecular weight is 1420 g/mol. The number of hydrogen-bond donors (Lipinski definition) is 4. The molecule has 99 heavy (non-hydrogen) atoms. The molecule has 5 atom stereocenters. The monoisotopic (exact) mass is 1420 g/mol. The van der Waals surface area contributed by atoms with Crippen LogP contribution in [-0.4, -0.2) is 95.9 Å². The minimum absolute atomic E-state index is 0.0278. The molecular weight excluding hydrogens is 1290 g/mol. The first kappa shape index (κ1) is 93.1. The van der Waals surface area contributed by atoms with Crippen molar-refractivity contribution in [3.63, 3.8) is 0 Å². The van der Waals surface area contributed by atoms with Gasteiger partial charge in [-0.25, -0.2) is 9.13 Å². The van der Waals surface area contributed by atoms with E-state index in [2.05, 4.69) is 209 Å². The Labute approximate surface area is 597 Å². The van der Waals surface area contributed by atoms with Crippen molar-refractivity contribution in [2.24, 2.45) is 0 Å². The second-order valence-electron chi connectivity index (χ2n) is 23.2. The largest absolute Gasteiger partial charge is 0.472 e. The van der Waals surface area contributed by atoms with Gasteiger partial charge >= 0.3 is 33.6 Å². The van der Waals surface area contributed by atoms with Gasteiger partial charge in [-0.3, -0.25) is 32.5 Å². The van der Waals surface area contributed by atoms with E-state index in [0.717, 1.165) is 161 Å². The summed E-state index contributed by atoms with van der Waals surface area (Å²) in [7, 11) is -9.84. The molecule has 5 unspecified atom stereocenters. The van der Waals surface area contributed by atoms with E-state index in [-0.39, 0.29) is 19.3 Å². The third-order valence-electron chi connectivity index (χ3n) is 14.0. The van der Waals surface area contributed by atoms with E-state index < -0.39 is 91.5 Å². The zero-order chi connectivity index (χ0) is 72.3. The van der Waals surface area contributed by atoms with Crippen molar-refractivity contribution >= 4 is 33.6 Å². The minimum Gasteiger partial charge on any atom is -0.463 e. The summed E-state index contributed by atoms with van der Waals surface area (Å²) in [5, 5.41) is 20.6. The molecule has 0 fully saturated rings. The number of ether oxygens (including phenoxy) is 3. The molecule has 0 aromatic carbocycles. The lowest BCUT2D eigenvalue weighted by atomic mass is 10.1. The Hall–Kier alpha value is -5.87. The zero-order valence-corrected chi connectivity index (χ0v) is 62.1. The molecule has 0 saturated heterocycles. The van der Waals surface area contributed by atoms with Crippen molar-refractivity contribution in [3.05, 3.63) is 207 Å². The predicted molar refractivity (Wildman–Crippen MR) is 407 cm³/mol. The van der Waals surface area contributed by atoms with Crippen LogP contribution in [0.1, 0.15) is 226 Å². The number of hydrogen-bond acceptors (Lipinski definition) is 14. The molecule has 0 spiro atoms. The lowest BCUT2D eigenvalue weighted by molar-refractivity contribution is -0.161. The Morgan fingerprint density at radius 1 is 0.283 bits per heavy atom. The van der Waals surface area contributed by atoms with Gasteiger partial charge in [0.15, 0.2) is 6.10 Å². The number of aliphatic hydroxyl groups excluding tert-OH is 2. The van der Waals surface area contributed by atoms with Gasteiger partial charge in [-0.2, -0.15) is 0 Å². The first-order chi connectivity index (χ1) is 48.2. The highest BCUT2D eigenvalue weighted by molar-refractivity contribution is 7.47. The Balaban J connectivity index is 4.79. The number of unbranched alkanes of at least 4 members (excludes halogenated alkanes) is 9. The maximum absolute atomic E-state index is 13.0. The van der Waals surface area contributed by atoms with E-state index in [1.165, 1.54) is 0 Å². The third-order valence-corrected chi connectivity index (χ3v) is 15.9. The molecule has 4 N–H and O–H groups in total. The van der Waals surface area contributed by atoms with Gasteiger partial charge in [0.25, 0.3) is 0 Å². The highest BCUT2D eigenvalue weighted by Crippen LogP contribution is 2.45. The van der Waals surface area contributed by atoms with Crippen molar-refractivity contribution in [2.75, 3.05) is 39.6 Å². The van der Waals surface area contributed by atoms with Crippen LogP contribution in [0.5, 0.6) is 0 Å². The third kappa shape index (κ3) is 73.2. The van der Waals surface area contributed by atoms with Crippen LogP contribution in [0.2, 0.25) is 0 Å².